The van der Waals surface area contributed by atoms with Gasteiger partial charge in [-0.15, -0.1) is 0 Å². The first-order valence-corrected chi connectivity index (χ1v) is 8.73. The number of phosphoric ester groups is 1. The summed E-state index contributed by atoms with van der Waals surface area (Å²) in [5.74, 6) is -0.336. The highest BCUT2D eigenvalue weighted by molar-refractivity contribution is 7.46. The van der Waals surface area contributed by atoms with E-state index < -0.39 is 38.8 Å². The van der Waals surface area contributed by atoms with E-state index in [-0.39, 0.29) is 12.2 Å². The Balaban J connectivity index is 1.83. The maximum atomic E-state index is 11.3. The number of ether oxygens (including phenoxy) is 2. The molecule has 13 heteroatoms. The quantitative estimate of drug-likeness (QED) is 0.465. The highest BCUT2D eigenvalue weighted by Gasteiger charge is 2.40. The number of imidazole rings is 1. The number of nitrogens with zero attached hydrogens (tertiary/aromatic N) is 4. The maximum Gasteiger partial charge on any atom is 0.469 e. The maximum absolute atomic E-state index is 11.3. The van der Waals surface area contributed by atoms with Crippen molar-refractivity contribution in [2.45, 2.75) is 31.8 Å². The lowest BCUT2D eigenvalue weighted by Crippen LogP contribution is -2.30. The normalized spacial score (nSPS) is 23.9. The monoisotopic (exact) mass is 373 g/mol. The fourth-order valence-corrected chi connectivity index (χ4v) is 2.95. The molecule has 0 aromatic carbocycles. The van der Waals surface area contributed by atoms with Gasteiger partial charge >= 0.3 is 13.8 Å². The topological polar surface area (TPSA) is 172 Å². The van der Waals surface area contributed by atoms with Crippen molar-refractivity contribution in [3.8, 4) is 0 Å². The van der Waals surface area contributed by atoms with Crippen molar-refractivity contribution in [1.82, 2.24) is 19.5 Å². The second-order valence-electron chi connectivity index (χ2n) is 5.38. The van der Waals surface area contributed by atoms with Crippen molar-refractivity contribution in [3.63, 3.8) is 0 Å². The van der Waals surface area contributed by atoms with Crippen LogP contribution in [0.2, 0.25) is 0 Å². The molecule has 1 saturated heterocycles. The van der Waals surface area contributed by atoms with E-state index in [1.807, 2.05) is 0 Å². The van der Waals surface area contributed by atoms with Crippen molar-refractivity contribution in [3.05, 3.63) is 12.7 Å². The number of aromatic nitrogens is 4. The molecule has 3 unspecified atom stereocenters. The van der Waals surface area contributed by atoms with E-state index in [1.54, 1.807) is 4.57 Å². The molecule has 1 aliphatic rings. The van der Waals surface area contributed by atoms with Crippen LogP contribution in [0.4, 0.5) is 5.82 Å². The van der Waals surface area contributed by atoms with Crippen LogP contribution >= 0.6 is 7.82 Å². The average Bonchev–Trinajstić information content (AvgIpc) is 3.08. The van der Waals surface area contributed by atoms with Gasteiger partial charge in [0.05, 0.1) is 12.9 Å². The molecule has 25 heavy (non-hydrogen) atoms. The number of nitrogen functional groups attached to an aromatic ring is 1. The van der Waals surface area contributed by atoms with Gasteiger partial charge in [-0.3, -0.25) is 13.9 Å². The molecule has 1 fully saturated rings. The van der Waals surface area contributed by atoms with Gasteiger partial charge in [-0.05, 0) is 0 Å². The zero-order chi connectivity index (χ0) is 18.2. The molecular formula is C12H16N5O7P. The number of esters is 1. The van der Waals surface area contributed by atoms with E-state index in [0.717, 1.165) is 0 Å². The zero-order valence-electron chi connectivity index (χ0n) is 13.1. The van der Waals surface area contributed by atoms with Crippen LogP contribution in [0.3, 0.4) is 0 Å². The van der Waals surface area contributed by atoms with Gasteiger partial charge in [0.15, 0.2) is 11.5 Å². The number of nitrogens with two attached hydrogens (primary N) is 1. The Bertz CT molecular complexity index is 836. The van der Waals surface area contributed by atoms with Crippen LogP contribution < -0.4 is 5.73 Å². The largest absolute Gasteiger partial charge is 0.469 e. The lowest BCUT2D eigenvalue weighted by atomic mass is 10.2. The predicted molar refractivity (Wildman–Crippen MR) is 81.8 cm³/mol. The standard InChI is InChI=1S/C12H16N5O7P/c1-6(18)23-7-2-9(24-8(7)3-22-25(19,20)21)17-5-16-10-11(13)14-4-15-12(10)17/h4-5,7-9H,2-3H2,1H3,(H2,13,14,15)(H2,19,20,21). The molecule has 3 rings (SSSR count). The number of carbonyl (C=O) groups is 1. The summed E-state index contributed by atoms with van der Waals surface area (Å²) in [6, 6.07) is 0. The summed E-state index contributed by atoms with van der Waals surface area (Å²) in [7, 11) is -4.68. The summed E-state index contributed by atoms with van der Waals surface area (Å²) >= 11 is 0. The summed E-state index contributed by atoms with van der Waals surface area (Å²) in [4.78, 5) is 41.0. The van der Waals surface area contributed by atoms with Gasteiger partial charge in [-0.2, -0.15) is 0 Å². The highest BCUT2D eigenvalue weighted by Crippen LogP contribution is 2.39. The van der Waals surface area contributed by atoms with E-state index in [9.17, 15) is 9.36 Å². The SMILES string of the molecule is CC(=O)OC1CC(n2cnc3c(N)ncnc32)OC1COP(=O)(O)O. The lowest BCUT2D eigenvalue weighted by molar-refractivity contribution is -0.150. The summed E-state index contributed by atoms with van der Waals surface area (Å²) < 4.78 is 27.9. The van der Waals surface area contributed by atoms with E-state index in [1.165, 1.54) is 19.6 Å². The molecule has 0 aliphatic carbocycles. The van der Waals surface area contributed by atoms with Gasteiger partial charge < -0.3 is 25.0 Å². The summed E-state index contributed by atoms with van der Waals surface area (Å²) in [6.45, 7) is 0.789. The Kier molecular flexibility index (Phi) is 4.71. The Morgan fingerprint density at radius 2 is 2.24 bits per heavy atom. The summed E-state index contributed by atoms with van der Waals surface area (Å²) in [5.41, 5.74) is 6.56. The molecule has 3 heterocycles. The first-order chi connectivity index (χ1) is 11.7. The third-order valence-corrected chi connectivity index (χ3v) is 4.09. The van der Waals surface area contributed by atoms with E-state index >= 15 is 0 Å². The van der Waals surface area contributed by atoms with Crippen LogP contribution in [0.25, 0.3) is 11.2 Å². The fourth-order valence-electron chi connectivity index (χ4n) is 2.61. The van der Waals surface area contributed by atoms with Crippen molar-refractivity contribution >= 4 is 30.8 Å². The van der Waals surface area contributed by atoms with Crippen LogP contribution in [0.15, 0.2) is 12.7 Å². The third kappa shape index (κ3) is 3.94. The molecule has 0 spiro atoms. The van der Waals surface area contributed by atoms with Crippen LogP contribution in [-0.2, 0) is 23.4 Å². The molecule has 0 bridgehead atoms. The van der Waals surface area contributed by atoms with Crippen molar-refractivity contribution in [2.75, 3.05) is 12.3 Å². The zero-order valence-corrected chi connectivity index (χ0v) is 13.9. The second-order valence-corrected chi connectivity index (χ2v) is 6.62. The Labute approximate surface area is 141 Å². The third-order valence-electron chi connectivity index (χ3n) is 3.60. The Morgan fingerprint density at radius 1 is 1.48 bits per heavy atom. The minimum Gasteiger partial charge on any atom is -0.460 e. The Morgan fingerprint density at radius 3 is 2.92 bits per heavy atom. The molecule has 0 radical (unpaired) electrons. The van der Waals surface area contributed by atoms with Crippen molar-refractivity contribution in [2.24, 2.45) is 0 Å². The average molecular weight is 373 g/mol. The number of anilines is 1. The predicted octanol–water partition coefficient (Wildman–Crippen LogP) is -0.263. The van der Waals surface area contributed by atoms with E-state index in [2.05, 4.69) is 19.5 Å². The molecule has 0 amide bonds. The number of rotatable bonds is 5. The van der Waals surface area contributed by atoms with Crippen LogP contribution in [0, 0.1) is 0 Å². The molecule has 136 valence electrons. The minimum absolute atomic E-state index is 0.208. The molecule has 12 nitrogen and oxygen atoms in total. The second kappa shape index (κ2) is 6.65. The van der Waals surface area contributed by atoms with Crippen molar-refractivity contribution in [1.29, 1.82) is 0 Å². The molecule has 1 aliphatic heterocycles. The summed E-state index contributed by atoms with van der Waals surface area (Å²) in [6.07, 6.45) is 0.724. The first-order valence-electron chi connectivity index (χ1n) is 7.20. The van der Waals surface area contributed by atoms with Gasteiger partial charge in [0.25, 0.3) is 0 Å². The van der Waals surface area contributed by atoms with E-state index in [0.29, 0.717) is 11.2 Å². The van der Waals surface area contributed by atoms with Crippen LogP contribution in [0.1, 0.15) is 19.6 Å². The number of hydrogen-bond acceptors (Lipinski definition) is 9. The van der Waals surface area contributed by atoms with E-state index in [4.69, 9.17) is 25.0 Å². The molecule has 4 N–H and O–H groups in total. The number of carbonyl (C=O) groups excluding carboxylic acids is 1. The number of hydrogen-bond donors (Lipinski definition) is 3. The van der Waals surface area contributed by atoms with Gasteiger partial charge in [-0.1, -0.05) is 0 Å². The number of fused-ring (bicyclic) bond motifs is 1. The Hall–Kier alpha value is -2.11. The smallest absolute Gasteiger partial charge is 0.460 e. The first kappa shape index (κ1) is 17.7. The molecule has 3 atom stereocenters. The molecule has 2 aromatic heterocycles. The molecular weight excluding hydrogens is 357 g/mol. The lowest BCUT2D eigenvalue weighted by Gasteiger charge is -2.18. The summed E-state index contributed by atoms with van der Waals surface area (Å²) in [5, 5.41) is 0. The molecule has 0 saturated carbocycles. The fraction of sp³-hybridized carbons (Fsp3) is 0.500. The van der Waals surface area contributed by atoms with Gasteiger partial charge in [0.1, 0.15) is 30.3 Å². The van der Waals surface area contributed by atoms with Gasteiger partial charge in [0.2, 0.25) is 0 Å². The van der Waals surface area contributed by atoms with Gasteiger partial charge in [-0.25, -0.2) is 19.5 Å². The van der Waals surface area contributed by atoms with Gasteiger partial charge in [0, 0.05) is 13.3 Å². The number of phosphoric acid groups is 1. The van der Waals surface area contributed by atoms with Crippen LogP contribution in [0.5, 0.6) is 0 Å². The minimum atomic E-state index is -4.68. The van der Waals surface area contributed by atoms with Crippen LogP contribution in [-0.4, -0.2) is 54.1 Å². The molecule has 2 aromatic rings. The van der Waals surface area contributed by atoms with Crippen molar-refractivity contribution < 1.29 is 33.1 Å². The highest BCUT2D eigenvalue weighted by atomic mass is 31.2.